The molecule has 0 aromatic heterocycles. The molecule has 3 aromatic rings. The molecule has 1 N–H and O–H groups in total. The summed E-state index contributed by atoms with van der Waals surface area (Å²) in [5.74, 6) is -0.193. The Bertz CT molecular complexity index is 1400. The van der Waals surface area contributed by atoms with Gasteiger partial charge in [0, 0.05) is 37.5 Å². The van der Waals surface area contributed by atoms with E-state index in [2.05, 4.69) is 5.32 Å². The summed E-state index contributed by atoms with van der Waals surface area (Å²) < 4.78 is 26.7. The third-order valence-corrected chi connectivity index (χ3v) is 8.19. The highest BCUT2D eigenvalue weighted by Crippen LogP contribution is 2.23. The van der Waals surface area contributed by atoms with Crippen LogP contribution in [0.3, 0.4) is 0 Å². The smallest absolute Gasteiger partial charge is 0.243 e. The van der Waals surface area contributed by atoms with E-state index in [-0.39, 0.29) is 37.2 Å². The van der Waals surface area contributed by atoms with Crippen LogP contribution in [0.2, 0.25) is 5.02 Å². The molecule has 1 atom stereocenters. The minimum absolute atomic E-state index is 0.0776. The maximum atomic E-state index is 13.9. The van der Waals surface area contributed by atoms with Crippen molar-refractivity contribution in [1.82, 2.24) is 10.2 Å². The lowest BCUT2D eigenvalue weighted by molar-refractivity contribution is -0.141. The summed E-state index contributed by atoms with van der Waals surface area (Å²) in [7, 11) is -3.57. The highest BCUT2D eigenvalue weighted by atomic mass is 35.5. The lowest BCUT2D eigenvalue weighted by Gasteiger charge is -2.32. The number of rotatable bonds is 14. The first kappa shape index (κ1) is 32.2. The molecule has 0 unspecified atom stereocenters. The molecule has 3 rings (SSSR count). The van der Waals surface area contributed by atoms with Crippen molar-refractivity contribution in [2.75, 3.05) is 23.7 Å². The number of sulfonamides is 1. The minimum Gasteiger partial charge on any atom is -0.354 e. The Morgan fingerprint density at radius 2 is 1.54 bits per heavy atom. The van der Waals surface area contributed by atoms with Crippen molar-refractivity contribution in [1.29, 1.82) is 0 Å². The molecule has 0 saturated carbocycles. The molecule has 0 aliphatic rings. The van der Waals surface area contributed by atoms with Crippen LogP contribution in [0, 0.1) is 12.8 Å². The molecule has 7 nitrogen and oxygen atoms in total. The summed E-state index contributed by atoms with van der Waals surface area (Å²) in [6.07, 6.45) is 1.89. The molecule has 2 amide bonds. The van der Waals surface area contributed by atoms with Gasteiger partial charge in [-0.2, -0.15) is 0 Å². The normalized spacial score (nSPS) is 12.1. The van der Waals surface area contributed by atoms with Gasteiger partial charge >= 0.3 is 0 Å². The second kappa shape index (κ2) is 15.0. The summed E-state index contributed by atoms with van der Waals surface area (Å²) in [6.45, 7) is 6.75. The van der Waals surface area contributed by atoms with E-state index in [0.717, 1.165) is 16.7 Å². The van der Waals surface area contributed by atoms with E-state index in [0.29, 0.717) is 30.1 Å². The van der Waals surface area contributed by atoms with Gasteiger partial charge in [-0.3, -0.25) is 13.9 Å². The first-order valence-corrected chi connectivity index (χ1v) is 16.1. The van der Waals surface area contributed by atoms with Crippen LogP contribution >= 0.6 is 11.6 Å². The molecule has 0 radical (unpaired) electrons. The fourth-order valence-corrected chi connectivity index (χ4v) is 5.74. The Morgan fingerprint density at radius 3 is 2.15 bits per heavy atom. The number of carbonyl (C=O) groups is 2. The quantitative estimate of drug-likeness (QED) is 0.262. The largest absolute Gasteiger partial charge is 0.354 e. The number of carbonyl (C=O) groups excluding carboxylic acids is 2. The zero-order valence-corrected chi connectivity index (χ0v) is 25.8. The summed E-state index contributed by atoms with van der Waals surface area (Å²) in [4.78, 5) is 29.1. The van der Waals surface area contributed by atoms with Crippen LogP contribution in [0.25, 0.3) is 0 Å². The van der Waals surface area contributed by atoms with Crippen molar-refractivity contribution < 1.29 is 18.0 Å². The van der Waals surface area contributed by atoms with Gasteiger partial charge in [-0.1, -0.05) is 86.1 Å². The molecule has 0 fully saturated rings. The number of benzene rings is 3. The topological polar surface area (TPSA) is 86.8 Å². The Balaban J connectivity index is 1.88. The summed E-state index contributed by atoms with van der Waals surface area (Å²) in [6, 6.07) is 23.4. The predicted octanol–water partition coefficient (Wildman–Crippen LogP) is 5.61. The van der Waals surface area contributed by atoms with Gasteiger partial charge in [0.2, 0.25) is 21.8 Å². The number of aryl methyl sites for hydroxylation is 1. The second-order valence-corrected chi connectivity index (χ2v) is 13.1. The molecule has 220 valence electrons. The SMILES string of the molecule is Cc1ccccc1N(CCCC(=O)N(Cc1ccc(Cl)cc1)[C@H](Cc1ccccc1)C(=O)NCC(C)C)S(C)(=O)=O. The van der Waals surface area contributed by atoms with Gasteiger partial charge in [-0.15, -0.1) is 0 Å². The second-order valence-electron chi connectivity index (χ2n) is 10.7. The van der Waals surface area contributed by atoms with Gasteiger partial charge < -0.3 is 10.2 Å². The highest BCUT2D eigenvalue weighted by Gasteiger charge is 2.30. The summed E-state index contributed by atoms with van der Waals surface area (Å²) in [5, 5.41) is 3.60. The van der Waals surface area contributed by atoms with Gasteiger partial charge in [0.25, 0.3) is 0 Å². The number of amides is 2. The standard InChI is InChI=1S/C32H40ClN3O4S/c1-24(2)22-34-32(38)30(21-26-12-6-5-7-13-26)35(23-27-16-18-28(33)19-17-27)31(37)15-10-20-36(41(4,39)40)29-14-9-8-11-25(29)3/h5-9,11-14,16-19,24,30H,10,15,20-23H2,1-4H3,(H,34,38)/t30-/m1/s1. The third kappa shape index (κ3) is 9.90. The maximum absolute atomic E-state index is 13.9. The van der Waals surface area contributed by atoms with Crippen molar-refractivity contribution in [3.63, 3.8) is 0 Å². The molecule has 0 heterocycles. The summed E-state index contributed by atoms with van der Waals surface area (Å²) in [5.41, 5.74) is 3.21. The first-order valence-electron chi connectivity index (χ1n) is 13.8. The van der Waals surface area contributed by atoms with Crippen LogP contribution in [0.15, 0.2) is 78.9 Å². The number of anilines is 1. The van der Waals surface area contributed by atoms with Crippen LogP contribution in [-0.4, -0.2) is 50.5 Å². The van der Waals surface area contributed by atoms with Gasteiger partial charge in [-0.05, 0) is 54.2 Å². The molecule has 0 aliphatic heterocycles. The van der Waals surface area contributed by atoms with Crippen LogP contribution in [0.1, 0.15) is 43.4 Å². The zero-order chi connectivity index (χ0) is 30.0. The van der Waals surface area contributed by atoms with Crippen LogP contribution in [0.5, 0.6) is 0 Å². The van der Waals surface area contributed by atoms with Crippen molar-refractivity contribution in [3.8, 4) is 0 Å². The lowest BCUT2D eigenvalue weighted by Crippen LogP contribution is -2.51. The van der Waals surface area contributed by atoms with Crippen LogP contribution < -0.4 is 9.62 Å². The molecular formula is C32H40ClN3O4S. The average Bonchev–Trinajstić information content (AvgIpc) is 2.93. The fourth-order valence-electron chi connectivity index (χ4n) is 4.59. The van der Waals surface area contributed by atoms with Crippen molar-refractivity contribution in [2.24, 2.45) is 5.92 Å². The van der Waals surface area contributed by atoms with Gasteiger partial charge in [0.05, 0.1) is 11.9 Å². The first-order chi connectivity index (χ1) is 19.5. The van der Waals surface area contributed by atoms with Crippen molar-refractivity contribution in [2.45, 2.75) is 52.6 Å². The molecule has 0 bridgehead atoms. The molecule has 41 heavy (non-hydrogen) atoms. The molecule has 9 heteroatoms. The van der Waals surface area contributed by atoms with E-state index >= 15 is 0 Å². The minimum atomic E-state index is -3.57. The molecule has 3 aromatic carbocycles. The average molecular weight is 598 g/mol. The highest BCUT2D eigenvalue weighted by molar-refractivity contribution is 7.92. The zero-order valence-electron chi connectivity index (χ0n) is 24.2. The lowest BCUT2D eigenvalue weighted by atomic mass is 10.0. The fraction of sp³-hybridized carbons (Fsp3) is 0.375. The molecular weight excluding hydrogens is 558 g/mol. The molecule has 0 saturated heterocycles. The van der Waals surface area contributed by atoms with Crippen LogP contribution in [-0.2, 0) is 32.6 Å². The Kier molecular flexibility index (Phi) is 11.8. The number of halogens is 1. The van der Waals surface area contributed by atoms with E-state index in [9.17, 15) is 18.0 Å². The molecule has 0 aliphatic carbocycles. The Hall–Kier alpha value is -3.36. The van der Waals surface area contributed by atoms with E-state index < -0.39 is 16.1 Å². The summed E-state index contributed by atoms with van der Waals surface area (Å²) >= 11 is 6.10. The van der Waals surface area contributed by atoms with E-state index in [1.165, 1.54) is 10.6 Å². The van der Waals surface area contributed by atoms with Crippen LogP contribution in [0.4, 0.5) is 5.69 Å². The Labute approximate surface area is 249 Å². The maximum Gasteiger partial charge on any atom is 0.243 e. The van der Waals surface area contributed by atoms with E-state index in [1.807, 2.05) is 75.4 Å². The number of nitrogens with one attached hydrogen (secondary N) is 1. The number of para-hydroxylation sites is 1. The monoisotopic (exact) mass is 597 g/mol. The van der Waals surface area contributed by atoms with Gasteiger partial charge in [-0.25, -0.2) is 8.42 Å². The van der Waals surface area contributed by atoms with Gasteiger partial charge in [0.15, 0.2) is 0 Å². The molecule has 0 spiro atoms. The third-order valence-electron chi connectivity index (χ3n) is 6.76. The number of hydrogen-bond acceptors (Lipinski definition) is 4. The van der Waals surface area contributed by atoms with Crippen molar-refractivity contribution in [3.05, 3.63) is 101 Å². The van der Waals surface area contributed by atoms with Gasteiger partial charge in [0.1, 0.15) is 6.04 Å². The number of hydrogen-bond donors (Lipinski definition) is 1. The van der Waals surface area contributed by atoms with E-state index in [4.69, 9.17) is 11.6 Å². The van der Waals surface area contributed by atoms with E-state index in [1.54, 1.807) is 29.2 Å². The number of nitrogens with zero attached hydrogens (tertiary/aromatic N) is 2. The Morgan fingerprint density at radius 1 is 0.902 bits per heavy atom. The van der Waals surface area contributed by atoms with Crippen molar-refractivity contribution >= 4 is 39.1 Å². The predicted molar refractivity (Wildman–Crippen MR) is 166 cm³/mol.